The zero-order valence-corrected chi connectivity index (χ0v) is 10.1. The van der Waals surface area contributed by atoms with Crippen LogP contribution in [0, 0.1) is 12.3 Å². The first-order valence-electron chi connectivity index (χ1n) is 5.87. The summed E-state index contributed by atoms with van der Waals surface area (Å²) in [5.41, 5.74) is 5.20. The number of carbonyl (C=O) groups is 3. The Morgan fingerprint density at radius 3 is 2.83 bits per heavy atom. The van der Waals surface area contributed by atoms with E-state index in [2.05, 4.69) is 16.6 Å². The van der Waals surface area contributed by atoms with E-state index in [0.717, 1.165) is 0 Å². The molecule has 1 aliphatic rings. The standard InChI is InChI=1S/C12H17N3O3/c1-2-3-4-5-8(11(13)17)15-12(18)9-6-7-10(16)14-9/h1,8-9H,3-7H2,(H2,13,17)(H,14,16)(H,15,18)/t8-,9+/m1/s1. The van der Waals surface area contributed by atoms with Crippen molar-refractivity contribution in [3.63, 3.8) is 0 Å². The predicted octanol–water partition coefficient (Wildman–Crippen LogP) is -0.961. The molecule has 0 aromatic carbocycles. The molecule has 1 aliphatic heterocycles. The molecule has 0 aromatic heterocycles. The summed E-state index contributed by atoms with van der Waals surface area (Å²) in [6.45, 7) is 0. The van der Waals surface area contributed by atoms with Gasteiger partial charge < -0.3 is 16.4 Å². The molecule has 1 saturated heterocycles. The fraction of sp³-hybridized carbons (Fsp3) is 0.583. The number of unbranched alkanes of at least 4 members (excludes halogenated alkanes) is 1. The van der Waals surface area contributed by atoms with Crippen LogP contribution in [0.2, 0.25) is 0 Å². The van der Waals surface area contributed by atoms with Gasteiger partial charge >= 0.3 is 0 Å². The average molecular weight is 251 g/mol. The van der Waals surface area contributed by atoms with Crippen molar-refractivity contribution in [1.29, 1.82) is 0 Å². The van der Waals surface area contributed by atoms with Crippen LogP contribution < -0.4 is 16.4 Å². The van der Waals surface area contributed by atoms with Gasteiger partial charge in [-0.1, -0.05) is 0 Å². The molecule has 1 heterocycles. The van der Waals surface area contributed by atoms with E-state index in [1.807, 2.05) is 0 Å². The van der Waals surface area contributed by atoms with Crippen molar-refractivity contribution < 1.29 is 14.4 Å². The van der Waals surface area contributed by atoms with E-state index in [4.69, 9.17) is 12.2 Å². The maximum atomic E-state index is 11.8. The molecule has 0 radical (unpaired) electrons. The maximum Gasteiger partial charge on any atom is 0.243 e. The molecule has 0 bridgehead atoms. The van der Waals surface area contributed by atoms with Crippen molar-refractivity contribution in [2.24, 2.45) is 5.73 Å². The number of carbonyl (C=O) groups excluding carboxylic acids is 3. The first kappa shape index (κ1) is 14.0. The second kappa shape index (κ2) is 6.64. The Balaban J connectivity index is 2.45. The van der Waals surface area contributed by atoms with Gasteiger partial charge in [0.2, 0.25) is 17.7 Å². The monoisotopic (exact) mass is 251 g/mol. The Hall–Kier alpha value is -2.03. The number of rotatable bonds is 6. The zero-order chi connectivity index (χ0) is 13.5. The summed E-state index contributed by atoms with van der Waals surface area (Å²) < 4.78 is 0. The van der Waals surface area contributed by atoms with Crippen LogP contribution in [0.15, 0.2) is 0 Å². The van der Waals surface area contributed by atoms with Gasteiger partial charge in [0, 0.05) is 12.8 Å². The van der Waals surface area contributed by atoms with Crippen LogP contribution in [-0.4, -0.2) is 29.8 Å². The van der Waals surface area contributed by atoms with Gasteiger partial charge in [0.1, 0.15) is 12.1 Å². The summed E-state index contributed by atoms with van der Waals surface area (Å²) >= 11 is 0. The highest BCUT2D eigenvalue weighted by Crippen LogP contribution is 2.08. The predicted molar refractivity (Wildman–Crippen MR) is 65.0 cm³/mol. The van der Waals surface area contributed by atoms with Gasteiger partial charge in [-0.15, -0.1) is 12.3 Å². The quantitative estimate of drug-likeness (QED) is 0.418. The minimum Gasteiger partial charge on any atom is -0.368 e. The van der Waals surface area contributed by atoms with Gasteiger partial charge in [-0.3, -0.25) is 14.4 Å². The summed E-state index contributed by atoms with van der Waals surface area (Å²) in [7, 11) is 0. The average Bonchev–Trinajstić information content (AvgIpc) is 2.74. The molecule has 0 saturated carbocycles. The number of amides is 3. The summed E-state index contributed by atoms with van der Waals surface area (Å²) in [5.74, 6) is 1.34. The Kier molecular flexibility index (Phi) is 5.18. The minimum atomic E-state index is -0.733. The minimum absolute atomic E-state index is 0.155. The van der Waals surface area contributed by atoms with Gasteiger partial charge in [-0.25, -0.2) is 0 Å². The first-order valence-corrected chi connectivity index (χ1v) is 5.87. The molecule has 1 rings (SSSR count). The van der Waals surface area contributed by atoms with Gasteiger partial charge in [0.25, 0.3) is 0 Å². The van der Waals surface area contributed by atoms with Crippen LogP contribution in [0.5, 0.6) is 0 Å². The summed E-state index contributed by atoms with van der Waals surface area (Å²) in [6, 6.07) is -1.30. The second-order valence-electron chi connectivity index (χ2n) is 4.22. The van der Waals surface area contributed by atoms with Crippen LogP contribution in [0.3, 0.4) is 0 Å². The Labute approximate surface area is 106 Å². The number of nitrogens with two attached hydrogens (primary N) is 1. The van der Waals surface area contributed by atoms with E-state index in [9.17, 15) is 14.4 Å². The topological polar surface area (TPSA) is 101 Å². The lowest BCUT2D eigenvalue weighted by atomic mass is 10.1. The molecule has 0 spiro atoms. The number of primary amides is 1. The molecular weight excluding hydrogens is 234 g/mol. The molecule has 4 N–H and O–H groups in total. The molecular formula is C12H17N3O3. The van der Waals surface area contributed by atoms with Crippen LogP contribution >= 0.6 is 0 Å². The molecule has 6 heteroatoms. The van der Waals surface area contributed by atoms with Crippen LogP contribution in [-0.2, 0) is 14.4 Å². The fourth-order valence-corrected chi connectivity index (χ4v) is 1.78. The van der Waals surface area contributed by atoms with Crippen molar-refractivity contribution >= 4 is 17.7 Å². The molecule has 2 atom stereocenters. The number of terminal acetylenes is 1. The fourth-order valence-electron chi connectivity index (χ4n) is 1.78. The normalized spacial score (nSPS) is 19.7. The highest BCUT2D eigenvalue weighted by Gasteiger charge is 2.29. The van der Waals surface area contributed by atoms with Crippen molar-refractivity contribution in [2.75, 3.05) is 0 Å². The van der Waals surface area contributed by atoms with E-state index in [-0.39, 0.29) is 11.8 Å². The van der Waals surface area contributed by atoms with Gasteiger partial charge in [-0.2, -0.15) is 0 Å². The molecule has 6 nitrogen and oxygen atoms in total. The molecule has 0 unspecified atom stereocenters. The molecule has 0 aromatic rings. The van der Waals surface area contributed by atoms with Crippen molar-refractivity contribution in [2.45, 2.75) is 44.2 Å². The lowest BCUT2D eigenvalue weighted by Gasteiger charge is -2.17. The smallest absolute Gasteiger partial charge is 0.243 e. The molecule has 3 amide bonds. The van der Waals surface area contributed by atoms with Crippen LogP contribution in [0.25, 0.3) is 0 Å². The van der Waals surface area contributed by atoms with E-state index < -0.39 is 18.0 Å². The summed E-state index contributed by atoms with van der Waals surface area (Å²) in [6.07, 6.45) is 7.43. The Bertz CT molecular complexity index is 387. The van der Waals surface area contributed by atoms with E-state index >= 15 is 0 Å². The lowest BCUT2D eigenvalue weighted by Crippen LogP contribution is -2.50. The Morgan fingerprint density at radius 1 is 1.61 bits per heavy atom. The zero-order valence-electron chi connectivity index (χ0n) is 10.1. The Morgan fingerprint density at radius 2 is 2.33 bits per heavy atom. The third-order valence-electron chi connectivity index (χ3n) is 2.79. The van der Waals surface area contributed by atoms with Crippen LogP contribution in [0.4, 0.5) is 0 Å². The van der Waals surface area contributed by atoms with Gasteiger partial charge in [0.05, 0.1) is 0 Å². The number of hydrogen-bond donors (Lipinski definition) is 3. The van der Waals surface area contributed by atoms with Crippen molar-refractivity contribution in [1.82, 2.24) is 10.6 Å². The number of hydrogen-bond acceptors (Lipinski definition) is 3. The highest BCUT2D eigenvalue weighted by molar-refractivity contribution is 5.93. The summed E-state index contributed by atoms with van der Waals surface area (Å²) in [4.78, 5) is 33.9. The molecule has 0 aliphatic carbocycles. The maximum absolute atomic E-state index is 11.8. The van der Waals surface area contributed by atoms with Crippen molar-refractivity contribution in [3.8, 4) is 12.3 Å². The highest BCUT2D eigenvalue weighted by atomic mass is 16.2. The lowest BCUT2D eigenvalue weighted by molar-refractivity contribution is -0.129. The van der Waals surface area contributed by atoms with Crippen LogP contribution in [0.1, 0.15) is 32.1 Å². The SMILES string of the molecule is C#CCCC[C@@H](NC(=O)[C@@H]1CCC(=O)N1)C(N)=O. The molecule has 18 heavy (non-hydrogen) atoms. The molecule has 1 fully saturated rings. The largest absolute Gasteiger partial charge is 0.368 e. The van der Waals surface area contributed by atoms with E-state index in [1.165, 1.54) is 0 Å². The molecule has 98 valence electrons. The second-order valence-corrected chi connectivity index (χ2v) is 4.22. The van der Waals surface area contributed by atoms with Crippen molar-refractivity contribution in [3.05, 3.63) is 0 Å². The van der Waals surface area contributed by atoms with Gasteiger partial charge in [-0.05, 0) is 19.3 Å². The summed E-state index contributed by atoms with van der Waals surface area (Å²) in [5, 5.41) is 5.07. The third kappa shape index (κ3) is 4.09. The number of nitrogens with one attached hydrogen (secondary N) is 2. The third-order valence-corrected chi connectivity index (χ3v) is 2.79. The van der Waals surface area contributed by atoms with E-state index in [0.29, 0.717) is 32.1 Å². The van der Waals surface area contributed by atoms with Gasteiger partial charge in [0.15, 0.2) is 0 Å². The van der Waals surface area contributed by atoms with E-state index in [1.54, 1.807) is 0 Å². The first-order chi connectivity index (χ1) is 8.54.